The number of amides is 1. The van der Waals surface area contributed by atoms with Crippen LogP contribution in [-0.2, 0) is 4.79 Å². The molecule has 0 saturated heterocycles. The van der Waals surface area contributed by atoms with Crippen LogP contribution in [0.3, 0.4) is 0 Å². The van der Waals surface area contributed by atoms with Crippen molar-refractivity contribution < 1.29 is 9.18 Å². The van der Waals surface area contributed by atoms with E-state index in [4.69, 9.17) is 0 Å². The molecular weight excluding hydrogens is 335 g/mol. The molecule has 1 aromatic carbocycles. The molecule has 2 heterocycles. The van der Waals surface area contributed by atoms with E-state index < -0.39 is 0 Å². The summed E-state index contributed by atoms with van der Waals surface area (Å²) in [5.74, 6) is -0.422. The molecule has 0 aliphatic carbocycles. The summed E-state index contributed by atoms with van der Waals surface area (Å²) in [7, 11) is 0. The highest BCUT2D eigenvalue weighted by Gasteiger charge is 2.08. The van der Waals surface area contributed by atoms with Gasteiger partial charge in [0.05, 0.1) is 6.04 Å². The first-order valence-electron chi connectivity index (χ1n) is 7.87. The van der Waals surface area contributed by atoms with E-state index in [2.05, 4.69) is 10.3 Å². The summed E-state index contributed by atoms with van der Waals surface area (Å²) in [6, 6.07) is 14.0. The second-order valence-corrected chi connectivity index (χ2v) is 6.64. The molecule has 0 bridgehead atoms. The fourth-order valence-electron chi connectivity index (χ4n) is 2.40. The highest BCUT2D eigenvalue weighted by Crippen LogP contribution is 2.30. The van der Waals surface area contributed by atoms with Crippen molar-refractivity contribution in [3.8, 4) is 10.4 Å². The van der Waals surface area contributed by atoms with Crippen molar-refractivity contribution >= 4 is 23.3 Å². The number of nitrogens with one attached hydrogen (secondary N) is 1. The van der Waals surface area contributed by atoms with Gasteiger partial charge in [-0.15, -0.1) is 11.3 Å². The van der Waals surface area contributed by atoms with Gasteiger partial charge in [0.1, 0.15) is 5.82 Å². The van der Waals surface area contributed by atoms with Gasteiger partial charge in [-0.05, 0) is 48.9 Å². The number of pyridine rings is 1. The minimum atomic E-state index is -0.246. The fraction of sp³-hybridized carbons (Fsp3) is 0.100. The Morgan fingerprint density at radius 2 is 1.92 bits per heavy atom. The van der Waals surface area contributed by atoms with Crippen molar-refractivity contribution in [2.75, 3.05) is 0 Å². The van der Waals surface area contributed by atoms with Gasteiger partial charge in [-0.3, -0.25) is 9.78 Å². The first-order valence-corrected chi connectivity index (χ1v) is 8.68. The van der Waals surface area contributed by atoms with Crippen molar-refractivity contribution in [1.82, 2.24) is 10.3 Å². The Labute approximate surface area is 149 Å². The number of halogens is 1. The molecule has 0 spiro atoms. The number of hydrogen-bond acceptors (Lipinski definition) is 3. The van der Waals surface area contributed by atoms with E-state index in [0.717, 1.165) is 15.3 Å². The van der Waals surface area contributed by atoms with Crippen molar-refractivity contribution in [2.24, 2.45) is 0 Å². The van der Waals surface area contributed by atoms with Gasteiger partial charge < -0.3 is 5.32 Å². The van der Waals surface area contributed by atoms with Crippen molar-refractivity contribution in [1.29, 1.82) is 0 Å². The quantitative estimate of drug-likeness (QED) is 0.668. The van der Waals surface area contributed by atoms with E-state index >= 15 is 0 Å². The molecule has 1 N–H and O–H groups in total. The third-order valence-electron chi connectivity index (χ3n) is 3.73. The SMILES string of the molecule is CC(NC(=O)C=Cc1ccc(-c2ccccc2F)s1)c1ccncc1. The number of carbonyl (C=O) groups is 1. The number of benzene rings is 1. The Kier molecular flexibility index (Phi) is 5.36. The van der Waals surface area contributed by atoms with Crippen molar-refractivity contribution in [3.63, 3.8) is 0 Å². The zero-order chi connectivity index (χ0) is 17.6. The van der Waals surface area contributed by atoms with Gasteiger partial charge in [0.15, 0.2) is 0 Å². The summed E-state index contributed by atoms with van der Waals surface area (Å²) in [4.78, 5) is 17.8. The van der Waals surface area contributed by atoms with E-state index in [1.165, 1.54) is 23.5 Å². The largest absolute Gasteiger partial charge is 0.346 e. The van der Waals surface area contributed by atoms with Gasteiger partial charge in [-0.2, -0.15) is 0 Å². The molecule has 1 amide bonds. The van der Waals surface area contributed by atoms with E-state index in [1.54, 1.807) is 30.6 Å². The summed E-state index contributed by atoms with van der Waals surface area (Å²) in [6.07, 6.45) is 6.63. The molecule has 126 valence electrons. The Morgan fingerprint density at radius 3 is 2.68 bits per heavy atom. The number of thiophene rings is 1. The van der Waals surface area contributed by atoms with Crippen LogP contribution < -0.4 is 5.32 Å². The standard InChI is InChI=1S/C20H17FN2OS/c1-14(15-10-12-22-13-11-15)23-20(24)9-7-16-6-8-19(25-16)17-4-2-3-5-18(17)21/h2-14H,1H3,(H,23,24). The lowest BCUT2D eigenvalue weighted by atomic mass is 10.1. The van der Waals surface area contributed by atoms with E-state index in [-0.39, 0.29) is 17.8 Å². The Morgan fingerprint density at radius 1 is 1.16 bits per heavy atom. The molecule has 0 radical (unpaired) electrons. The lowest BCUT2D eigenvalue weighted by Gasteiger charge is -2.12. The predicted octanol–water partition coefficient (Wildman–Crippen LogP) is 4.84. The highest BCUT2D eigenvalue weighted by atomic mass is 32.1. The van der Waals surface area contributed by atoms with Crippen LogP contribution in [-0.4, -0.2) is 10.9 Å². The fourth-order valence-corrected chi connectivity index (χ4v) is 3.34. The lowest BCUT2D eigenvalue weighted by Crippen LogP contribution is -2.24. The maximum absolute atomic E-state index is 13.8. The number of nitrogens with zero attached hydrogens (tertiary/aromatic N) is 1. The molecule has 5 heteroatoms. The molecular formula is C20H17FN2OS. The molecule has 1 atom stereocenters. The maximum Gasteiger partial charge on any atom is 0.244 e. The van der Waals surface area contributed by atoms with Crippen molar-refractivity contribution in [3.05, 3.63) is 83.3 Å². The van der Waals surface area contributed by atoms with Crippen LogP contribution in [0, 0.1) is 5.82 Å². The summed E-state index contributed by atoms with van der Waals surface area (Å²) >= 11 is 1.44. The minimum Gasteiger partial charge on any atom is -0.346 e. The third-order valence-corrected chi connectivity index (χ3v) is 4.81. The number of hydrogen-bond donors (Lipinski definition) is 1. The summed E-state index contributed by atoms with van der Waals surface area (Å²) in [6.45, 7) is 1.92. The van der Waals surface area contributed by atoms with Gasteiger partial charge in [-0.1, -0.05) is 18.2 Å². The van der Waals surface area contributed by atoms with Gasteiger partial charge in [0, 0.05) is 33.8 Å². The van der Waals surface area contributed by atoms with Gasteiger partial charge in [0.25, 0.3) is 0 Å². The van der Waals surface area contributed by atoms with Crippen LogP contribution in [0.2, 0.25) is 0 Å². The zero-order valence-electron chi connectivity index (χ0n) is 13.6. The van der Waals surface area contributed by atoms with Crippen LogP contribution in [0.4, 0.5) is 4.39 Å². The molecule has 1 unspecified atom stereocenters. The first kappa shape index (κ1) is 17.0. The summed E-state index contributed by atoms with van der Waals surface area (Å²) in [5, 5.41) is 2.91. The van der Waals surface area contributed by atoms with Crippen LogP contribution in [0.25, 0.3) is 16.5 Å². The monoisotopic (exact) mass is 352 g/mol. The summed E-state index contributed by atoms with van der Waals surface area (Å²) < 4.78 is 13.8. The molecule has 3 aromatic rings. The second-order valence-electron chi connectivity index (χ2n) is 5.53. The van der Waals surface area contributed by atoms with E-state index in [9.17, 15) is 9.18 Å². The van der Waals surface area contributed by atoms with Gasteiger partial charge in [0.2, 0.25) is 5.91 Å². The molecule has 0 aliphatic heterocycles. The van der Waals surface area contributed by atoms with Crippen LogP contribution in [0.1, 0.15) is 23.4 Å². The second kappa shape index (κ2) is 7.85. The smallest absolute Gasteiger partial charge is 0.244 e. The molecule has 2 aromatic heterocycles. The zero-order valence-corrected chi connectivity index (χ0v) is 14.5. The Bertz CT molecular complexity index is 889. The van der Waals surface area contributed by atoms with Crippen LogP contribution in [0.15, 0.2) is 67.0 Å². The third kappa shape index (κ3) is 4.39. The van der Waals surface area contributed by atoms with Crippen LogP contribution in [0.5, 0.6) is 0 Å². The topological polar surface area (TPSA) is 42.0 Å². The van der Waals surface area contributed by atoms with E-state index in [1.807, 2.05) is 37.3 Å². The van der Waals surface area contributed by atoms with Gasteiger partial charge >= 0.3 is 0 Å². The molecule has 25 heavy (non-hydrogen) atoms. The lowest BCUT2D eigenvalue weighted by molar-refractivity contribution is -0.117. The summed E-state index contributed by atoms with van der Waals surface area (Å²) in [5.41, 5.74) is 1.57. The Hall–Kier alpha value is -2.79. The minimum absolute atomic E-state index is 0.0996. The average molecular weight is 352 g/mol. The molecule has 0 fully saturated rings. The average Bonchev–Trinajstić information content (AvgIpc) is 3.10. The van der Waals surface area contributed by atoms with E-state index in [0.29, 0.717) is 5.56 Å². The number of rotatable bonds is 5. The van der Waals surface area contributed by atoms with Crippen molar-refractivity contribution in [2.45, 2.75) is 13.0 Å². The number of aromatic nitrogens is 1. The normalized spacial score (nSPS) is 12.2. The molecule has 0 aliphatic rings. The molecule has 3 nitrogen and oxygen atoms in total. The predicted molar refractivity (Wildman–Crippen MR) is 99.5 cm³/mol. The first-order chi connectivity index (χ1) is 12.1. The molecule has 0 saturated carbocycles. The highest BCUT2D eigenvalue weighted by molar-refractivity contribution is 7.16. The molecule has 3 rings (SSSR count). The Balaban J connectivity index is 1.64. The number of carbonyl (C=O) groups excluding carboxylic acids is 1. The maximum atomic E-state index is 13.8. The van der Waals surface area contributed by atoms with Gasteiger partial charge in [-0.25, -0.2) is 4.39 Å². The van der Waals surface area contributed by atoms with Crippen LogP contribution >= 0.6 is 11.3 Å².